The van der Waals surface area contributed by atoms with Crippen LogP contribution in [0.25, 0.3) is 0 Å². The molecule has 0 fully saturated rings. The molecule has 102 valence electrons. The van der Waals surface area contributed by atoms with E-state index in [4.69, 9.17) is 9.53 Å². The average molecular weight is 263 g/mol. The Bertz CT molecular complexity index is 250. The zero-order valence-electron chi connectivity index (χ0n) is 11.4. The molecule has 0 heterocycles. The molecule has 1 atom stereocenters. The molecule has 0 radical (unpaired) electrons. The van der Waals surface area contributed by atoms with E-state index in [0.717, 1.165) is 0 Å². The molecule has 1 unspecified atom stereocenters. The second-order valence-electron chi connectivity index (χ2n) is 5.74. The lowest BCUT2D eigenvalue weighted by atomic mass is 10.2. The molecule has 0 spiro atoms. The van der Waals surface area contributed by atoms with E-state index in [1.807, 2.05) is 0 Å². The molecule has 17 heavy (non-hydrogen) atoms. The monoisotopic (exact) mass is 263 g/mol. The van der Waals surface area contributed by atoms with E-state index in [2.05, 4.69) is 39.2 Å². The largest absolute Gasteiger partial charge is 0.465 e. The van der Waals surface area contributed by atoms with Gasteiger partial charge < -0.3 is 20.0 Å². The predicted octanol–water partition coefficient (Wildman–Crippen LogP) is 2.03. The van der Waals surface area contributed by atoms with Crippen LogP contribution in [0.4, 0.5) is 4.79 Å². The van der Waals surface area contributed by atoms with Crippen LogP contribution < -0.4 is 5.32 Å². The molecule has 0 saturated heterocycles. The molecular weight excluding hydrogens is 238 g/mol. The Kier molecular flexibility index (Phi) is 6.15. The van der Waals surface area contributed by atoms with E-state index < -0.39 is 20.5 Å². The van der Waals surface area contributed by atoms with Crippen LogP contribution in [0.15, 0.2) is 0 Å². The topological polar surface area (TPSA) is 78.8 Å². The zero-order valence-corrected chi connectivity index (χ0v) is 12.4. The van der Waals surface area contributed by atoms with E-state index in [-0.39, 0.29) is 11.6 Å². The first-order valence-corrected chi connectivity index (χ1v) is 8.76. The number of carbonyl (C=O) groups is 1. The van der Waals surface area contributed by atoms with Gasteiger partial charge in [-0.05, 0) is 24.6 Å². The molecule has 6 heteroatoms. The minimum absolute atomic E-state index is 0.0518. The van der Waals surface area contributed by atoms with Crippen molar-refractivity contribution in [1.29, 1.82) is 0 Å². The summed E-state index contributed by atoms with van der Waals surface area (Å²) in [6.07, 6.45) is -1.35. The number of aliphatic hydroxyl groups excluding tert-OH is 1. The Morgan fingerprint density at radius 2 is 1.94 bits per heavy atom. The summed E-state index contributed by atoms with van der Waals surface area (Å²) in [5, 5.41) is 20.2. The second-order valence-corrected chi connectivity index (χ2v) is 10.5. The van der Waals surface area contributed by atoms with Gasteiger partial charge in [0.2, 0.25) is 0 Å². The van der Waals surface area contributed by atoms with E-state index in [0.29, 0.717) is 13.0 Å². The van der Waals surface area contributed by atoms with Crippen molar-refractivity contribution in [2.75, 3.05) is 13.2 Å². The minimum atomic E-state index is -1.76. The highest BCUT2D eigenvalue weighted by atomic mass is 28.4. The number of aliphatic hydroxyl groups is 1. The normalized spacial score (nSPS) is 14.5. The summed E-state index contributed by atoms with van der Waals surface area (Å²) in [7, 11) is -1.76. The van der Waals surface area contributed by atoms with Gasteiger partial charge in [-0.25, -0.2) is 4.79 Å². The highest BCUT2D eigenvalue weighted by molar-refractivity contribution is 6.74. The van der Waals surface area contributed by atoms with Gasteiger partial charge in [0.15, 0.2) is 8.32 Å². The highest BCUT2D eigenvalue weighted by Gasteiger charge is 2.36. The Morgan fingerprint density at radius 3 is 2.35 bits per heavy atom. The van der Waals surface area contributed by atoms with E-state index in [1.54, 1.807) is 0 Å². The van der Waals surface area contributed by atoms with Gasteiger partial charge >= 0.3 is 6.09 Å². The number of hydrogen-bond acceptors (Lipinski definition) is 3. The van der Waals surface area contributed by atoms with Crippen molar-refractivity contribution in [3.63, 3.8) is 0 Å². The van der Waals surface area contributed by atoms with Gasteiger partial charge in [-0.2, -0.15) is 0 Å². The lowest BCUT2D eigenvalue weighted by Gasteiger charge is -2.36. The van der Waals surface area contributed by atoms with Crippen molar-refractivity contribution in [3.05, 3.63) is 0 Å². The molecule has 3 N–H and O–H groups in total. The third kappa shape index (κ3) is 6.65. The number of rotatable bonds is 6. The molecule has 5 nitrogen and oxygen atoms in total. The van der Waals surface area contributed by atoms with Crippen LogP contribution >= 0.6 is 0 Å². The Morgan fingerprint density at radius 1 is 1.41 bits per heavy atom. The summed E-state index contributed by atoms with van der Waals surface area (Å²) in [5.41, 5.74) is 0. The number of nitrogens with one attached hydrogen (secondary N) is 1. The maximum atomic E-state index is 10.2. The fourth-order valence-corrected chi connectivity index (χ4v) is 2.03. The third-order valence-corrected chi connectivity index (χ3v) is 7.75. The predicted molar refractivity (Wildman–Crippen MR) is 69.8 cm³/mol. The molecule has 0 aromatic carbocycles. The zero-order chi connectivity index (χ0) is 13.7. The quantitative estimate of drug-likeness (QED) is 0.641. The number of amides is 1. The summed E-state index contributed by atoms with van der Waals surface area (Å²) in [5.74, 6) is 0. The summed E-state index contributed by atoms with van der Waals surface area (Å²) in [6.45, 7) is 11.3. The molecule has 0 bridgehead atoms. The lowest BCUT2D eigenvalue weighted by molar-refractivity contribution is 0.128. The lowest BCUT2D eigenvalue weighted by Crippen LogP contribution is -2.41. The van der Waals surface area contributed by atoms with Crippen molar-refractivity contribution in [1.82, 2.24) is 5.32 Å². The fraction of sp³-hybridized carbons (Fsp3) is 0.909. The van der Waals surface area contributed by atoms with Crippen molar-refractivity contribution >= 4 is 14.4 Å². The van der Waals surface area contributed by atoms with Crippen molar-refractivity contribution in [3.8, 4) is 0 Å². The van der Waals surface area contributed by atoms with Gasteiger partial charge in [-0.3, -0.25) is 0 Å². The molecule has 0 rings (SSSR count). The van der Waals surface area contributed by atoms with Gasteiger partial charge in [-0.15, -0.1) is 0 Å². The Labute approximate surface area is 104 Å². The van der Waals surface area contributed by atoms with Crippen LogP contribution in [-0.2, 0) is 4.43 Å². The number of hydrogen-bond donors (Lipinski definition) is 3. The molecule has 0 aromatic rings. The van der Waals surface area contributed by atoms with Crippen LogP contribution in [0.5, 0.6) is 0 Å². The SMILES string of the molecule is CC(C)(C)[Si](C)(C)OCCC(O)CNC(=O)O. The highest BCUT2D eigenvalue weighted by Crippen LogP contribution is 2.36. The smallest absolute Gasteiger partial charge is 0.404 e. The molecule has 0 aliphatic heterocycles. The van der Waals surface area contributed by atoms with Crippen LogP contribution in [-0.4, -0.2) is 43.9 Å². The molecule has 0 aliphatic rings. The maximum absolute atomic E-state index is 10.2. The molecule has 0 saturated carbocycles. The van der Waals surface area contributed by atoms with E-state index in [9.17, 15) is 9.90 Å². The van der Waals surface area contributed by atoms with Crippen LogP contribution in [0.1, 0.15) is 27.2 Å². The molecule has 0 aliphatic carbocycles. The van der Waals surface area contributed by atoms with Gasteiger partial charge in [-0.1, -0.05) is 20.8 Å². The second kappa shape index (κ2) is 6.37. The van der Waals surface area contributed by atoms with Crippen molar-refractivity contribution < 1.29 is 19.4 Å². The standard InChI is InChI=1S/C11H25NO4Si/c1-11(2,3)17(4,5)16-7-6-9(13)8-12-10(14)15/h9,12-13H,6-8H2,1-5H3,(H,14,15). The van der Waals surface area contributed by atoms with Crippen LogP contribution in [0.3, 0.4) is 0 Å². The maximum Gasteiger partial charge on any atom is 0.404 e. The van der Waals surface area contributed by atoms with Crippen molar-refractivity contribution in [2.24, 2.45) is 0 Å². The Balaban J connectivity index is 3.87. The third-order valence-electron chi connectivity index (χ3n) is 3.21. The first-order chi connectivity index (χ1) is 7.56. The van der Waals surface area contributed by atoms with E-state index in [1.165, 1.54) is 0 Å². The number of carboxylic acid groups (broad SMARTS) is 1. The summed E-state index contributed by atoms with van der Waals surface area (Å²) < 4.78 is 5.88. The summed E-state index contributed by atoms with van der Waals surface area (Å²) in [4.78, 5) is 10.2. The van der Waals surface area contributed by atoms with Crippen LogP contribution in [0.2, 0.25) is 18.1 Å². The van der Waals surface area contributed by atoms with Gasteiger partial charge in [0.25, 0.3) is 0 Å². The average Bonchev–Trinajstić information content (AvgIpc) is 2.12. The van der Waals surface area contributed by atoms with Crippen LogP contribution in [0, 0.1) is 0 Å². The Hall–Kier alpha value is -0.593. The fourth-order valence-electron chi connectivity index (χ4n) is 0.974. The molecule has 0 aromatic heterocycles. The first kappa shape index (κ1) is 16.4. The van der Waals surface area contributed by atoms with Crippen molar-refractivity contribution in [2.45, 2.75) is 51.4 Å². The van der Waals surface area contributed by atoms with Gasteiger partial charge in [0, 0.05) is 13.2 Å². The van der Waals surface area contributed by atoms with Gasteiger partial charge in [0.1, 0.15) is 0 Å². The van der Waals surface area contributed by atoms with E-state index >= 15 is 0 Å². The minimum Gasteiger partial charge on any atom is -0.465 e. The summed E-state index contributed by atoms with van der Waals surface area (Å²) in [6, 6.07) is 0. The summed E-state index contributed by atoms with van der Waals surface area (Å²) >= 11 is 0. The molecular formula is C11H25NO4Si. The molecule has 1 amide bonds. The van der Waals surface area contributed by atoms with Gasteiger partial charge in [0.05, 0.1) is 6.10 Å². The first-order valence-electron chi connectivity index (χ1n) is 5.85.